The van der Waals surface area contributed by atoms with Crippen molar-refractivity contribution in [2.45, 2.75) is 31.9 Å². The third kappa shape index (κ3) is 2.75. The number of amides is 1. The smallest absolute Gasteiger partial charge is 0.264 e. The summed E-state index contributed by atoms with van der Waals surface area (Å²) < 4.78 is 1.02. The summed E-state index contributed by atoms with van der Waals surface area (Å²) in [5.41, 5.74) is -0.129. The summed E-state index contributed by atoms with van der Waals surface area (Å²) in [4.78, 5) is 27.1. The number of ketones is 1. The fourth-order valence-corrected chi connectivity index (χ4v) is 3.47. The monoisotopic (exact) mass is 435 g/mol. The van der Waals surface area contributed by atoms with Crippen molar-refractivity contribution < 1.29 is 14.7 Å². The van der Waals surface area contributed by atoms with Gasteiger partial charge in [0, 0.05) is 20.7 Å². The first kappa shape index (κ1) is 17.1. The van der Waals surface area contributed by atoms with Crippen LogP contribution in [-0.4, -0.2) is 22.8 Å². The lowest BCUT2D eigenvalue weighted by molar-refractivity contribution is -0.136. The molecule has 0 aromatic heterocycles. The van der Waals surface area contributed by atoms with Crippen molar-refractivity contribution in [3.05, 3.63) is 63.2 Å². The number of Topliss-reactive ketones (excluding diaryl/α,β-unsaturated/α-hetero) is 1. The van der Waals surface area contributed by atoms with Crippen LogP contribution < -0.4 is 4.90 Å². The van der Waals surface area contributed by atoms with Gasteiger partial charge in [-0.2, -0.15) is 0 Å². The van der Waals surface area contributed by atoms with Gasteiger partial charge in [0.2, 0.25) is 0 Å². The van der Waals surface area contributed by atoms with Gasteiger partial charge in [-0.15, -0.1) is 0 Å². The molecule has 0 spiro atoms. The minimum absolute atomic E-state index is 0.0962. The van der Waals surface area contributed by atoms with E-state index in [1.54, 1.807) is 35.2 Å². The van der Waals surface area contributed by atoms with Crippen molar-refractivity contribution >= 4 is 40.0 Å². The molecule has 1 atom stereocenters. The van der Waals surface area contributed by atoms with E-state index in [-0.39, 0.29) is 18.2 Å². The third-order valence-electron chi connectivity index (χ3n) is 4.28. The number of hydrogen-bond donors (Lipinski definition) is 1. The molecule has 1 heterocycles. The summed E-state index contributed by atoms with van der Waals surface area (Å²) in [6.07, 6.45) is -0.257. The summed E-state index contributed by atoms with van der Waals surface area (Å²) in [6, 6.07) is 14.1. The number of para-hydroxylation sites is 1. The molecule has 0 saturated carbocycles. The Bertz CT molecular complexity index is 801. The highest BCUT2D eigenvalue weighted by atomic mass is 127. The summed E-state index contributed by atoms with van der Waals surface area (Å²) in [6.45, 7) is 3.78. The Morgan fingerprint density at radius 1 is 1.17 bits per heavy atom. The van der Waals surface area contributed by atoms with Gasteiger partial charge in [0.1, 0.15) is 0 Å². The zero-order chi connectivity index (χ0) is 17.5. The summed E-state index contributed by atoms with van der Waals surface area (Å²) in [5, 5.41) is 11.1. The van der Waals surface area contributed by atoms with Crippen LogP contribution in [0.25, 0.3) is 0 Å². The molecule has 0 aliphatic carbocycles. The van der Waals surface area contributed by atoms with E-state index in [4.69, 9.17) is 0 Å². The average molecular weight is 435 g/mol. The van der Waals surface area contributed by atoms with E-state index < -0.39 is 11.5 Å². The maximum atomic E-state index is 12.9. The first-order valence-electron chi connectivity index (χ1n) is 7.79. The fourth-order valence-electron chi connectivity index (χ4n) is 3.11. The Hall–Kier alpha value is -1.73. The lowest BCUT2D eigenvalue weighted by Gasteiger charge is -2.25. The predicted octanol–water partition coefficient (Wildman–Crippen LogP) is 3.51. The number of benzene rings is 2. The quantitative estimate of drug-likeness (QED) is 0.591. The Morgan fingerprint density at radius 3 is 2.42 bits per heavy atom. The topological polar surface area (TPSA) is 57.6 Å². The first-order chi connectivity index (χ1) is 11.3. The number of rotatable bonds is 4. The molecule has 0 fully saturated rings. The SMILES string of the molecule is CC(C)N1C(=O)[C@@](O)(CC(=O)c2ccc(I)cc2)c2ccccc21. The van der Waals surface area contributed by atoms with Crippen molar-refractivity contribution in [2.24, 2.45) is 0 Å². The molecular weight excluding hydrogens is 417 g/mol. The van der Waals surface area contributed by atoms with Crippen molar-refractivity contribution in [3.8, 4) is 0 Å². The van der Waals surface area contributed by atoms with E-state index >= 15 is 0 Å². The Labute approximate surface area is 154 Å². The molecule has 1 aliphatic heterocycles. The van der Waals surface area contributed by atoms with Crippen molar-refractivity contribution in [1.82, 2.24) is 0 Å². The number of nitrogens with zero attached hydrogens (tertiary/aromatic N) is 1. The molecule has 2 aromatic carbocycles. The maximum Gasteiger partial charge on any atom is 0.264 e. The molecule has 0 radical (unpaired) electrons. The van der Waals surface area contributed by atoms with Gasteiger partial charge in [0.05, 0.1) is 12.1 Å². The molecule has 0 unspecified atom stereocenters. The van der Waals surface area contributed by atoms with E-state index in [2.05, 4.69) is 22.6 Å². The van der Waals surface area contributed by atoms with Crippen LogP contribution in [-0.2, 0) is 10.4 Å². The van der Waals surface area contributed by atoms with Crippen LogP contribution in [0, 0.1) is 3.57 Å². The zero-order valence-electron chi connectivity index (χ0n) is 13.5. The lowest BCUT2D eigenvalue weighted by atomic mass is 9.88. The highest BCUT2D eigenvalue weighted by molar-refractivity contribution is 14.1. The average Bonchev–Trinajstić information content (AvgIpc) is 2.76. The largest absolute Gasteiger partial charge is 0.375 e. The van der Waals surface area contributed by atoms with Crippen molar-refractivity contribution in [1.29, 1.82) is 0 Å². The Morgan fingerprint density at radius 2 is 1.79 bits per heavy atom. The van der Waals surface area contributed by atoms with E-state index in [0.29, 0.717) is 16.8 Å². The standard InChI is InChI=1S/C19H18INO3/c1-12(2)21-16-6-4-3-5-15(16)19(24,18(21)23)11-17(22)13-7-9-14(20)10-8-13/h3-10,12,24H,11H2,1-2H3/t19-/m1/s1. The highest BCUT2D eigenvalue weighted by Gasteiger charge is 2.51. The summed E-state index contributed by atoms with van der Waals surface area (Å²) in [7, 11) is 0. The first-order valence-corrected chi connectivity index (χ1v) is 8.87. The number of carbonyl (C=O) groups is 2. The molecular formula is C19H18INO3. The van der Waals surface area contributed by atoms with E-state index in [1.165, 1.54) is 0 Å². The van der Waals surface area contributed by atoms with Gasteiger partial charge in [-0.25, -0.2) is 0 Å². The van der Waals surface area contributed by atoms with Crippen LogP contribution in [0.2, 0.25) is 0 Å². The second-order valence-electron chi connectivity index (χ2n) is 6.25. The molecule has 24 heavy (non-hydrogen) atoms. The second-order valence-corrected chi connectivity index (χ2v) is 7.50. The van der Waals surface area contributed by atoms with Gasteiger partial charge < -0.3 is 10.0 Å². The molecule has 1 aliphatic rings. The van der Waals surface area contributed by atoms with Gasteiger partial charge in [-0.05, 0) is 54.6 Å². The number of fused-ring (bicyclic) bond motifs is 1. The molecule has 5 heteroatoms. The Kier molecular flexibility index (Phi) is 4.48. The molecule has 0 saturated heterocycles. The minimum Gasteiger partial charge on any atom is -0.375 e. The van der Waals surface area contributed by atoms with Crippen LogP contribution in [0.3, 0.4) is 0 Å². The minimum atomic E-state index is -1.80. The number of carbonyl (C=O) groups excluding carboxylic acids is 2. The van der Waals surface area contributed by atoms with Gasteiger partial charge in [0.15, 0.2) is 11.4 Å². The molecule has 124 valence electrons. The summed E-state index contributed by atoms with van der Waals surface area (Å²) in [5.74, 6) is -0.680. The number of anilines is 1. The molecule has 1 N–H and O–H groups in total. The fraction of sp³-hybridized carbons (Fsp3) is 0.263. The zero-order valence-corrected chi connectivity index (χ0v) is 15.6. The van der Waals surface area contributed by atoms with Crippen LogP contribution in [0.4, 0.5) is 5.69 Å². The highest BCUT2D eigenvalue weighted by Crippen LogP contribution is 2.43. The van der Waals surface area contributed by atoms with Crippen LogP contribution in [0.1, 0.15) is 36.2 Å². The van der Waals surface area contributed by atoms with Crippen LogP contribution in [0.5, 0.6) is 0 Å². The lowest BCUT2D eigenvalue weighted by Crippen LogP contribution is -2.44. The van der Waals surface area contributed by atoms with Crippen LogP contribution in [0.15, 0.2) is 48.5 Å². The molecule has 4 nitrogen and oxygen atoms in total. The van der Waals surface area contributed by atoms with Crippen molar-refractivity contribution in [3.63, 3.8) is 0 Å². The molecule has 3 rings (SSSR count). The maximum absolute atomic E-state index is 12.9. The molecule has 0 bridgehead atoms. The second kappa shape index (κ2) is 6.29. The van der Waals surface area contributed by atoms with Gasteiger partial charge in [0.25, 0.3) is 5.91 Å². The predicted molar refractivity (Wildman–Crippen MR) is 101 cm³/mol. The van der Waals surface area contributed by atoms with E-state index in [0.717, 1.165) is 3.57 Å². The Balaban J connectivity index is 1.98. The van der Waals surface area contributed by atoms with E-state index in [9.17, 15) is 14.7 Å². The van der Waals surface area contributed by atoms with Gasteiger partial charge in [-0.3, -0.25) is 9.59 Å². The molecule has 1 amide bonds. The van der Waals surface area contributed by atoms with Crippen LogP contribution >= 0.6 is 22.6 Å². The van der Waals surface area contributed by atoms with Gasteiger partial charge in [-0.1, -0.05) is 30.3 Å². The number of hydrogen-bond acceptors (Lipinski definition) is 3. The van der Waals surface area contributed by atoms with E-state index in [1.807, 2.05) is 32.0 Å². The van der Waals surface area contributed by atoms with Crippen molar-refractivity contribution in [2.75, 3.05) is 4.90 Å². The molecule has 2 aromatic rings. The number of aliphatic hydroxyl groups is 1. The third-order valence-corrected chi connectivity index (χ3v) is 5.00. The normalized spacial score (nSPS) is 19.7. The summed E-state index contributed by atoms with van der Waals surface area (Å²) >= 11 is 2.16. The number of halogens is 1. The van der Waals surface area contributed by atoms with Gasteiger partial charge >= 0.3 is 0 Å².